The Hall–Kier alpha value is -4.94. The normalized spacial score (nSPS) is 18.8. The van der Waals surface area contributed by atoms with Crippen LogP contribution in [0, 0.1) is 5.41 Å². The summed E-state index contributed by atoms with van der Waals surface area (Å²) in [4.78, 5) is 67.1. The van der Waals surface area contributed by atoms with Crippen molar-refractivity contribution in [3.8, 4) is 0 Å². The fraction of sp³-hybridized carbons (Fsp3) is 0.368. The lowest BCUT2D eigenvalue weighted by molar-refractivity contribution is -0.147. The van der Waals surface area contributed by atoms with Gasteiger partial charge in [0.2, 0.25) is 17.7 Å². The predicted molar refractivity (Wildman–Crippen MR) is 192 cm³/mol. The van der Waals surface area contributed by atoms with E-state index in [1.807, 2.05) is 68.6 Å². The molecule has 4 aromatic rings. The lowest BCUT2D eigenvalue weighted by Crippen LogP contribution is -2.52. The molecule has 0 saturated carbocycles. The van der Waals surface area contributed by atoms with E-state index < -0.39 is 10.8 Å². The number of carbonyl (C=O) groups is 4. The van der Waals surface area contributed by atoms with Crippen LogP contribution in [0.3, 0.4) is 0 Å². The summed E-state index contributed by atoms with van der Waals surface area (Å²) in [6.07, 6.45) is 5.99. The lowest BCUT2D eigenvalue weighted by atomic mass is 9.74. The molecule has 0 radical (unpaired) electrons. The van der Waals surface area contributed by atoms with E-state index in [-0.39, 0.29) is 36.7 Å². The molecule has 1 saturated heterocycles. The molecular weight excluding hydrogens is 651 g/mol. The van der Waals surface area contributed by atoms with Crippen LogP contribution >= 0.6 is 11.3 Å². The van der Waals surface area contributed by atoms with Crippen molar-refractivity contribution >= 4 is 46.5 Å². The number of piperidine rings is 1. The fourth-order valence-electron chi connectivity index (χ4n) is 7.87. The summed E-state index contributed by atoms with van der Waals surface area (Å²) in [5.41, 5.74) is 5.89. The second-order valence-corrected chi connectivity index (χ2v) is 14.5. The summed E-state index contributed by atoms with van der Waals surface area (Å²) in [5, 5.41) is 9.19. The minimum Gasteiger partial charge on any atom is -0.338 e. The molecule has 12 heteroatoms. The molecular formula is C38H41N7O4S. The van der Waals surface area contributed by atoms with Crippen LogP contribution in [0.2, 0.25) is 0 Å². The van der Waals surface area contributed by atoms with Crippen LogP contribution in [0.1, 0.15) is 63.7 Å². The second kappa shape index (κ2) is 13.8. The van der Waals surface area contributed by atoms with Crippen LogP contribution in [-0.2, 0) is 45.7 Å². The number of fused-ring (bicyclic) bond motifs is 3. The SMILES string of the molecule is CCC1(C(=O)N(CC(=O)Nc2ccc3c(c2)C[C@@]2(C3)C(=O)Nc3ncccc32)Cc2ccccc2CNC)CCN(C(=O)c2cncs2)CC1. The molecule has 11 nitrogen and oxygen atoms in total. The number of carbonyl (C=O) groups excluding carboxylic acids is 4. The van der Waals surface area contributed by atoms with Gasteiger partial charge in [0.15, 0.2) is 0 Å². The van der Waals surface area contributed by atoms with Gasteiger partial charge in [0.05, 0.1) is 22.5 Å². The number of aromatic nitrogens is 2. The highest BCUT2D eigenvalue weighted by Gasteiger charge is 2.51. The Morgan fingerprint density at radius 2 is 1.80 bits per heavy atom. The fourth-order valence-corrected chi connectivity index (χ4v) is 8.45. The van der Waals surface area contributed by atoms with E-state index in [0.29, 0.717) is 68.1 Å². The molecule has 2 aliphatic heterocycles. The zero-order chi connectivity index (χ0) is 34.9. The number of anilines is 2. The molecule has 2 aromatic heterocycles. The average Bonchev–Trinajstić information content (AvgIpc) is 3.87. The number of amides is 4. The number of likely N-dealkylation sites (tertiary alicyclic amines) is 1. The van der Waals surface area contributed by atoms with E-state index >= 15 is 0 Å². The molecule has 1 atom stereocenters. The maximum Gasteiger partial charge on any atom is 0.265 e. The summed E-state index contributed by atoms with van der Waals surface area (Å²) >= 11 is 1.32. The third-order valence-electron chi connectivity index (χ3n) is 10.7. The molecule has 1 fully saturated rings. The van der Waals surface area contributed by atoms with Gasteiger partial charge >= 0.3 is 0 Å². The Balaban J connectivity index is 1.09. The van der Waals surface area contributed by atoms with E-state index in [1.54, 1.807) is 27.7 Å². The molecule has 1 aliphatic carbocycles. The Labute approximate surface area is 295 Å². The van der Waals surface area contributed by atoms with Gasteiger partial charge in [0.1, 0.15) is 17.2 Å². The molecule has 50 heavy (non-hydrogen) atoms. The van der Waals surface area contributed by atoms with Gasteiger partial charge in [-0.05, 0) is 79.6 Å². The summed E-state index contributed by atoms with van der Waals surface area (Å²) in [6.45, 7) is 3.73. The van der Waals surface area contributed by atoms with Crippen molar-refractivity contribution in [1.82, 2.24) is 25.1 Å². The number of hydrogen-bond acceptors (Lipinski definition) is 8. The molecule has 258 valence electrons. The third-order valence-corrected chi connectivity index (χ3v) is 11.5. The summed E-state index contributed by atoms with van der Waals surface area (Å²) < 4.78 is 0. The first-order valence-electron chi connectivity index (χ1n) is 17.1. The molecule has 3 aliphatic rings. The molecule has 2 aromatic carbocycles. The Morgan fingerprint density at radius 3 is 2.54 bits per heavy atom. The molecule has 0 bridgehead atoms. The van der Waals surface area contributed by atoms with Crippen LogP contribution in [0.25, 0.3) is 0 Å². The van der Waals surface area contributed by atoms with Gasteiger partial charge in [0, 0.05) is 43.6 Å². The maximum absolute atomic E-state index is 14.6. The zero-order valence-corrected chi connectivity index (χ0v) is 29.1. The van der Waals surface area contributed by atoms with Crippen molar-refractivity contribution in [1.29, 1.82) is 0 Å². The largest absolute Gasteiger partial charge is 0.338 e. The van der Waals surface area contributed by atoms with Crippen molar-refractivity contribution in [2.75, 3.05) is 37.3 Å². The number of nitrogens with zero attached hydrogens (tertiary/aromatic N) is 4. The minimum atomic E-state index is -0.701. The number of hydrogen-bond donors (Lipinski definition) is 3. The van der Waals surface area contributed by atoms with E-state index in [0.717, 1.165) is 27.8 Å². The highest BCUT2D eigenvalue weighted by atomic mass is 32.1. The standard InChI is InChI=1S/C38H41N7O4S/c1-3-37(12-15-44(16-13-37)34(47)31-21-40-24-50-31)36(49)45(22-27-8-5-4-7-26(27)20-39-2)23-32(46)42-29-11-10-25-18-38(19-28(25)17-29)30-9-6-14-41-33(30)43-35(38)48/h4-11,14,17,21,24,39H,3,12-13,15-16,18-20,22-23H2,1-2H3,(H,42,46)(H,41,43,48)/t38-/m1/s1. The van der Waals surface area contributed by atoms with Crippen molar-refractivity contribution in [2.24, 2.45) is 5.41 Å². The van der Waals surface area contributed by atoms with Gasteiger partial charge in [0.25, 0.3) is 5.91 Å². The number of rotatable bonds is 10. The number of nitrogens with one attached hydrogen (secondary N) is 3. The molecule has 0 unspecified atom stereocenters. The first kappa shape index (κ1) is 33.6. The van der Waals surface area contributed by atoms with E-state index in [4.69, 9.17) is 0 Å². The second-order valence-electron chi connectivity index (χ2n) is 13.6. The van der Waals surface area contributed by atoms with E-state index in [1.165, 1.54) is 11.3 Å². The van der Waals surface area contributed by atoms with Crippen LogP contribution in [-0.4, -0.2) is 70.1 Å². The van der Waals surface area contributed by atoms with Gasteiger partial charge < -0.3 is 25.8 Å². The monoisotopic (exact) mass is 691 g/mol. The highest BCUT2D eigenvalue weighted by Crippen LogP contribution is 2.47. The lowest BCUT2D eigenvalue weighted by Gasteiger charge is -2.42. The molecule has 7 rings (SSSR count). The van der Waals surface area contributed by atoms with Gasteiger partial charge in [-0.3, -0.25) is 24.2 Å². The van der Waals surface area contributed by atoms with Crippen molar-refractivity contribution in [3.63, 3.8) is 0 Å². The third kappa shape index (κ3) is 6.18. The minimum absolute atomic E-state index is 0.0516. The molecule has 3 N–H and O–H groups in total. The maximum atomic E-state index is 14.6. The van der Waals surface area contributed by atoms with Gasteiger partial charge in [-0.25, -0.2) is 4.98 Å². The topological polar surface area (TPSA) is 137 Å². The Kier molecular flexibility index (Phi) is 9.23. The van der Waals surface area contributed by atoms with Gasteiger partial charge in [-0.1, -0.05) is 43.3 Å². The number of benzene rings is 2. The smallest absolute Gasteiger partial charge is 0.265 e. The number of thiazole rings is 1. The molecule has 4 amide bonds. The Morgan fingerprint density at radius 1 is 1.02 bits per heavy atom. The summed E-state index contributed by atoms with van der Waals surface area (Å²) in [6, 6.07) is 17.6. The van der Waals surface area contributed by atoms with Crippen molar-refractivity contribution in [3.05, 3.63) is 105 Å². The van der Waals surface area contributed by atoms with Gasteiger partial charge in [-0.2, -0.15) is 0 Å². The molecule has 4 heterocycles. The first-order valence-corrected chi connectivity index (χ1v) is 18.0. The van der Waals surface area contributed by atoms with Crippen LogP contribution < -0.4 is 16.0 Å². The van der Waals surface area contributed by atoms with E-state index in [2.05, 4.69) is 25.9 Å². The predicted octanol–water partition coefficient (Wildman–Crippen LogP) is 4.55. The van der Waals surface area contributed by atoms with Crippen molar-refractivity contribution < 1.29 is 19.2 Å². The van der Waals surface area contributed by atoms with Gasteiger partial charge in [-0.15, -0.1) is 11.3 Å². The van der Waals surface area contributed by atoms with Crippen LogP contribution in [0.4, 0.5) is 11.5 Å². The van der Waals surface area contributed by atoms with Crippen LogP contribution in [0.15, 0.2) is 72.5 Å². The Bertz CT molecular complexity index is 1940. The van der Waals surface area contributed by atoms with Crippen LogP contribution in [0.5, 0.6) is 0 Å². The first-order chi connectivity index (χ1) is 24.2. The van der Waals surface area contributed by atoms with E-state index in [9.17, 15) is 19.2 Å². The van der Waals surface area contributed by atoms with Crippen molar-refractivity contribution in [2.45, 2.75) is 57.5 Å². The highest BCUT2D eigenvalue weighted by molar-refractivity contribution is 7.11. The molecule has 1 spiro atoms. The number of pyridine rings is 1. The summed E-state index contributed by atoms with van der Waals surface area (Å²) in [7, 11) is 1.88. The zero-order valence-electron chi connectivity index (χ0n) is 28.3. The summed E-state index contributed by atoms with van der Waals surface area (Å²) in [5.74, 6) is 0.131. The quantitative estimate of drug-likeness (QED) is 0.222. The average molecular weight is 692 g/mol.